The first-order chi connectivity index (χ1) is 8.83. The standard InChI is InChI=1S/C15H19N3/c1-3-4-5-12-6-8-13(9-7-12)14-10-11-15(16-2)18-17-14/h6-11H,3-5H2,1-2H3,(H,16,18). The van der Waals surface area contributed by atoms with Crippen LogP contribution in [0.1, 0.15) is 25.3 Å². The van der Waals surface area contributed by atoms with E-state index in [0.717, 1.165) is 23.5 Å². The molecule has 1 aromatic heterocycles. The first-order valence-corrected chi connectivity index (χ1v) is 6.44. The Balaban J connectivity index is 2.12. The molecule has 0 aliphatic carbocycles. The average Bonchev–Trinajstić information content (AvgIpc) is 2.46. The van der Waals surface area contributed by atoms with Gasteiger partial charge in [-0.3, -0.25) is 0 Å². The van der Waals surface area contributed by atoms with E-state index in [0.29, 0.717) is 0 Å². The molecule has 0 atom stereocenters. The van der Waals surface area contributed by atoms with Crippen LogP contribution in [-0.4, -0.2) is 17.2 Å². The van der Waals surface area contributed by atoms with Gasteiger partial charge in [0.1, 0.15) is 5.82 Å². The molecule has 0 amide bonds. The highest BCUT2D eigenvalue weighted by Gasteiger charge is 2.00. The van der Waals surface area contributed by atoms with E-state index in [9.17, 15) is 0 Å². The van der Waals surface area contributed by atoms with Gasteiger partial charge in [-0.1, -0.05) is 37.6 Å². The summed E-state index contributed by atoms with van der Waals surface area (Å²) in [6, 6.07) is 12.5. The summed E-state index contributed by atoms with van der Waals surface area (Å²) in [7, 11) is 1.84. The Kier molecular flexibility index (Phi) is 4.29. The van der Waals surface area contributed by atoms with E-state index in [2.05, 4.69) is 46.7 Å². The van der Waals surface area contributed by atoms with Gasteiger partial charge in [-0.2, -0.15) is 0 Å². The largest absolute Gasteiger partial charge is 0.372 e. The number of aryl methyl sites for hydroxylation is 1. The highest BCUT2D eigenvalue weighted by Crippen LogP contribution is 2.18. The molecule has 18 heavy (non-hydrogen) atoms. The molecule has 3 heteroatoms. The highest BCUT2D eigenvalue weighted by molar-refractivity contribution is 5.59. The molecule has 1 heterocycles. The molecule has 0 saturated heterocycles. The van der Waals surface area contributed by atoms with Crippen molar-refractivity contribution in [3.63, 3.8) is 0 Å². The van der Waals surface area contributed by atoms with Gasteiger partial charge >= 0.3 is 0 Å². The van der Waals surface area contributed by atoms with E-state index in [1.54, 1.807) is 0 Å². The fraction of sp³-hybridized carbons (Fsp3) is 0.333. The average molecular weight is 241 g/mol. The van der Waals surface area contributed by atoms with Crippen molar-refractivity contribution in [2.24, 2.45) is 0 Å². The van der Waals surface area contributed by atoms with Gasteiger partial charge in [-0.25, -0.2) is 0 Å². The number of aromatic nitrogens is 2. The van der Waals surface area contributed by atoms with Crippen molar-refractivity contribution in [2.45, 2.75) is 26.2 Å². The first-order valence-electron chi connectivity index (χ1n) is 6.44. The molecular formula is C15H19N3. The summed E-state index contributed by atoms with van der Waals surface area (Å²) >= 11 is 0. The van der Waals surface area contributed by atoms with E-state index >= 15 is 0 Å². The van der Waals surface area contributed by atoms with Crippen molar-refractivity contribution in [1.82, 2.24) is 10.2 Å². The lowest BCUT2D eigenvalue weighted by Crippen LogP contribution is -1.95. The van der Waals surface area contributed by atoms with Crippen LogP contribution in [0.2, 0.25) is 0 Å². The van der Waals surface area contributed by atoms with Crippen molar-refractivity contribution in [3.05, 3.63) is 42.0 Å². The van der Waals surface area contributed by atoms with E-state index in [1.165, 1.54) is 18.4 Å². The molecule has 0 unspecified atom stereocenters. The van der Waals surface area contributed by atoms with Gasteiger partial charge in [0.15, 0.2) is 0 Å². The Morgan fingerprint density at radius 2 is 1.78 bits per heavy atom. The zero-order chi connectivity index (χ0) is 12.8. The van der Waals surface area contributed by atoms with Crippen molar-refractivity contribution in [2.75, 3.05) is 12.4 Å². The van der Waals surface area contributed by atoms with Gasteiger partial charge in [-0.05, 0) is 30.5 Å². The van der Waals surface area contributed by atoms with E-state index in [-0.39, 0.29) is 0 Å². The SMILES string of the molecule is CCCCc1ccc(-c2ccc(NC)nn2)cc1. The third-order valence-electron chi connectivity index (χ3n) is 2.99. The first kappa shape index (κ1) is 12.6. The van der Waals surface area contributed by atoms with Crippen LogP contribution in [0.25, 0.3) is 11.3 Å². The number of anilines is 1. The highest BCUT2D eigenvalue weighted by atomic mass is 15.2. The molecule has 1 aromatic carbocycles. The topological polar surface area (TPSA) is 37.8 Å². The number of nitrogens with one attached hydrogen (secondary N) is 1. The fourth-order valence-corrected chi connectivity index (χ4v) is 1.84. The third-order valence-corrected chi connectivity index (χ3v) is 2.99. The maximum absolute atomic E-state index is 4.20. The number of rotatable bonds is 5. The normalized spacial score (nSPS) is 10.3. The molecule has 2 rings (SSSR count). The summed E-state index contributed by atoms with van der Waals surface area (Å²) in [5.41, 5.74) is 3.42. The number of unbranched alkanes of at least 4 members (excludes halogenated alkanes) is 1. The Morgan fingerprint density at radius 1 is 1.00 bits per heavy atom. The molecule has 1 N–H and O–H groups in total. The molecule has 0 aliphatic rings. The summed E-state index contributed by atoms with van der Waals surface area (Å²) in [6.45, 7) is 2.22. The lowest BCUT2D eigenvalue weighted by Gasteiger charge is -2.04. The molecular weight excluding hydrogens is 222 g/mol. The summed E-state index contributed by atoms with van der Waals surface area (Å²) in [5.74, 6) is 0.790. The summed E-state index contributed by atoms with van der Waals surface area (Å²) in [5, 5.41) is 11.2. The zero-order valence-corrected chi connectivity index (χ0v) is 11.0. The van der Waals surface area contributed by atoms with Crippen LogP contribution in [0.3, 0.4) is 0 Å². The molecule has 3 nitrogen and oxygen atoms in total. The summed E-state index contributed by atoms with van der Waals surface area (Å²) in [4.78, 5) is 0. The number of benzene rings is 1. The van der Waals surface area contributed by atoms with Crippen molar-refractivity contribution in [1.29, 1.82) is 0 Å². The molecule has 0 aliphatic heterocycles. The minimum Gasteiger partial charge on any atom is -0.372 e. The van der Waals surface area contributed by atoms with Crippen LogP contribution in [0.15, 0.2) is 36.4 Å². The monoisotopic (exact) mass is 241 g/mol. The van der Waals surface area contributed by atoms with Crippen molar-refractivity contribution in [3.8, 4) is 11.3 Å². The number of hydrogen-bond donors (Lipinski definition) is 1. The molecule has 0 spiro atoms. The number of hydrogen-bond acceptors (Lipinski definition) is 3. The smallest absolute Gasteiger partial charge is 0.148 e. The lowest BCUT2D eigenvalue weighted by molar-refractivity contribution is 0.795. The maximum Gasteiger partial charge on any atom is 0.148 e. The Morgan fingerprint density at radius 3 is 2.33 bits per heavy atom. The molecule has 0 radical (unpaired) electrons. The molecule has 0 bridgehead atoms. The Bertz CT molecular complexity index is 474. The van der Waals surface area contributed by atoms with Crippen molar-refractivity contribution >= 4 is 5.82 Å². The quantitative estimate of drug-likeness (QED) is 0.870. The second-order valence-corrected chi connectivity index (χ2v) is 4.35. The van der Waals surface area contributed by atoms with Crippen LogP contribution in [0.4, 0.5) is 5.82 Å². The number of nitrogens with zero attached hydrogens (tertiary/aromatic N) is 2. The van der Waals surface area contributed by atoms with Crippen LogP contribution in [-0.2, 0) is 6.42 Å². The molecule has 2 aromatic rings. The molecule has 94 valence electrons. The van der Waals surface area contributed by atoms with Gasteiger partial charge < -0.3 is 5.32 Å². The minimum absolute atomic E-state index is 0.790. The lowest BCUT2D eigenvalue weighted by atomic mass is 10.0. The minimum atomic E-state index is 0.790. The maximum atomic E-state index is 4.20. The third kappa shape index (κ3) is 3.06. The molecule has 0 saturated carbocycles. The zero-order valence-electron chi connectivity index (χ0n) is 11.0. The second kappa shape index (κ2) is 6.15. The van der Waals surface area contributed by atoms with Crippen LogP contribution in [0, 0.1) is 0 Å². The van der Waals surface area contributed by atoms with Crippen LogP contribution < -0.4 is 5.32 Å². The van der Waals surface area contributed by atoms with Gasteiger partial charge in [0, 0.05) is 12.6 Å². The summed E-state index contributed by atoms with van der Waals surface area (Å²) in [6.07, 6.45) is 3.63. The Labute approximate surface area is 108 Å². The molecule has 0 fully saturated rings. The van der Waals surface area contributed by atoms with Gasteiger partial charge in [0.25, 0.3) is 0 Å². The van der Waals surface area contributed by atoms with E-state index in [1.807, 2.05) is 19.2 Å². The summed E-state index contributed by atoms with van der Waals surface area (Å²) < 4.78 is 0. The van der Waals surface area contributed by atoms with Crippen LogP contribution >= 0.6 is 0 Å². The van der Waals surface area contributed by atoms with Gasteiger partial charge in [0.2, 0.25) is 0 Å². The fourth-order valence-electron chi connectivity index (χ4n) is 1.84. The van der Waals surface area contributed by atoms with Gasteiger partial charge in [-0.15, -0.1) is 10.2 Å². The van der Waals surface area contributed by atoms with Crippen LogP contribution in [0.5, 0.6) is 0 Å². The predicted octanol–water partition coefficient (Wildman–Crippen LogP) is 3.53. The Hall–Kier alpha value is -1.90. The van der Waals surface area contributed by atoms with E-state index < -0.39 is 0 Å². The van der Waals surface area contributed by atoms with Gasteiger partial charge in [0.05, 0.1) is 5.69 Å². The predicted molar refractivity (Wildman–Crippen MR) is 75.6 cm³/mol. The second-order valence-electron chi connectivity index (χ2n) is 4.35. The van der Waals surface area contributed by atoms with E-state index in [4.69, 9.17) is 0 Å². The van der Waals surface area contributed by atoms with Crippen molar-refractivity contribution < 1.29 is 0 Å².